The first kappa shape index (κ1) is 11.9. The van der Waals surface area contributed by atoms with E-state index in [0.29, 0.717) is 6.42 Å². The average molecular weight is 225 g/mol. The molecule has 0 saturated carbocycles. The molecule has 0 fully saturated rings. The van der Waals surface area contributed by atoms with Crippen molar-refractivity contribution in [2.45, 2.75) is 24.2 Å². The summed E-state index contributed by atoms with van der Waals surface area (Å²) in [6.07, 6.45) is 4.28. The molecule has 15 heavy (non-hydrogen) atoms. The second-order valence-corrected chi connectivity index (χ2v) is 4.86. The number of unbranched alkanes of at least 4 members (excludes halogenated alkanes) is 1. The number of hydrogen-bond donors (Lipinski definition) is 1. The fourth-order valence-electron chi connectivity index (χ4n) is 1.42. The van der Waals surface area contributed by atoms with Crippen LogP contribution in [0.25, 0.3) is 0 Å². The van der Waals surface area contributed by atoms with E-state index in [0.717, 1.165) is 18.4 Å². The second-order valence-electron chi connectivity index (χ2n) is 3.33. The largest absolute Gasteiger partial charge is 0.238 e. The smallest absolute Gasteiger partial charge is 0.225 e. The van der Waals surface area contributed by atoms with E-state index in [4.69, 9.17) is 5.14 Å². The van der Waals surface area contributed by atoms with Crippen molar-refractivity contribution < 1.29 is 8.42 Å². The zero-order valence-corrected chi connectivity index (χ0v) is 9.33. The Morgan fingerprint density at radius 2 is 2.00 bits per heavy atom. The molecule has 1 rings (SSSR count). The van der Waals surface area contributed by atoms with Gasteiger partial charge in [-0.3, -0.25) is 0 Å². The van der Waals surface area contributed by atoms with E-state index >= 15 is 0 Å². The molecule has 0 spiro atoms. The Bertz CT molecular complexity index is 438. The maximum absolute atomic E-state index is 11.2. The topological polar surface area (TPSA) is 60.2 Å². The molecule has 0 aliphatic heterocycles. The first-order chi connectivity index (χ1) is 7.05. The average Bonchev–Trinajstić information content (AvgIpc) is 2.17. The van der Waals surface area contributed by atoms with Gasteiger partial charge in [0.2, 0.25) is 10.0 Å². The van der Waals surface area contributed by atoms with Crippen LogP contribution in [0, 0.1) is 0 Å². The Labute approximate surface area is 90.7 Å². The van der Waals surface area contributed by atoms with Gasteiger partial charge in [-0.25, -0.2) is 13.6 Å². The van der Waals surface area contributed by atoms with Crippen molar-refractivity contribution in [2.75, 3.05) is 0 Å². The summed E-state index contributed by atoms with van der Waals surface area (Å²) in [6.45, 7) is 3.62. The van der Waals surface area contributed by atoms with Crippen molar-refractivity contribution >= 4 is 10.0 Å². The molecule has 0 bridgehead atoms. The van der Waals surface area contributed by atoms with Crippen LogP contribution in [0.3, 0.4) is 0 Å². The molecule has 1 aromatic carbocycles. The molecule has 0 saturated heterocycles. The van der Waals surface area contributed by atoms with Crippen LogP contribution in [0.4, 0.5) is 0 Å². The number of rotatable bonds is 5. The normalized spacial score (nSPS) is 11.3. The predicted molar refractivity (Wildman–Crippen MR) is 61.0 cm³/mol. The van der Waals surface area contributed by atoms with Crippen LogP contribution in [0.5, 0.6) is 0 Å². The van der Waals surface area contributed by atoms with E-state index in [9.17, 15) is 8.42 Å². The second kappa shape index (κ2) is 5.09. The van der Waals surface area contributed by atoms with Crippen LogP contribution in [-0.4, -0.2) is 8.42 Å². The van der Waals surface area contributed by atoms with Gasteiger partial charge in [-0.15, -0.1) is 6.58 Å². The highest BCUT2D eigenvalue weighted by Crippen LogP contribution is 2.16. The maximum Gasteiger partial charge on any atom is 0.238 e. The molecular weight excluding hydrogens is 210 g/mol. The van der Waals surface area contributed by atoms with Crippen molar-refractivity contribution in [2.24, 2.45) is 5.14 Å². The highest BCUT2D eigenvalue weighted by Gasteiger charge is 2.11. The van der Waals surface area contributed by atoms with Gasteiger partial charge in [0.05, 0.1) is 4.90 Å². The standard InChI is InChI=1S/C11H15NO2S/c1-2-3-4-7-10-8-5-6-9-11(10)15(12,13)14/h2,5-6,8-9H,1,3-4,7H2,(H2,12,13,14). The lowest BCUT2D eigenvalue weighted by Crippen LogP contribution is -2.14. The first-order valence-electron chi connectivity index (χ1n) is 4.77. The van der Waals surface area contributed by atoms with Gasteiger partial charge in [0.15, 0.2) is 0 Å². The number of hydrogen-bond acceptors (Lipinski definition) is 2. The highest BCUT2D eigenvalue weighted by atomic mass is 32.2. The van der Waals surface area contributed by atoms with Gasteiger partial charge in [0.1, 0.15) is 0 Å². The van der Waals surface area contributed by atoms with Crippen LogP contribution in [0.2, 0.25) is 0 Å². The van der Waals surface area contributed by atoms with Crippen molar-refractivity contribution in [3.63, 3.8) is 0 Å². The maximum atomic E-state index is 11.2. The lowest BCUT2D eigenvalue weighted by Gasteiger charge is -2.06. The molecule has 0 aromatic heterocycles. The SMILES string of the molecule is C=CCCCc1ccccc1S(N)(=O)=O. The molecule has 0 aliphatic carbocycles. The third kappa shape index (κ3) is 3.49. The minimum atomic E-state index is -3.60. The molecule has 0 radical (unpaired) electrons. The van der Waals surface area contributed by atoms with Crippen molar-refractivity contribution in [3.05, 3.63) is 42.5 Å². The van der Waals surface area contributed by atoms with Gasteiger partial charge < -0.3 is 0 Å². The third-order valence-corrected chi connectivity index (χ3v) is 3.14. The number of allylic oxidation sites excluding steroid dienone is 1. The fourth-order valence-corrected chi connectivity index (χ4v) is 2.23. The van der Waals surface area contributed by atoms with E-state index in [2.05, 4.69) is 6.58 Å². The summed E-state index contributed by atoms with van der Waals surface area (Å²) in [4.78, 5) is 0.231. The number of benzene rings is 1. The molecule has 3 nitrogen and oxygen atoms in total. The van der Waals surface area contributed by atoms with Gasteiger partial charge in [-0.05, 0) is 30.9 Å². The van der Waals surface area contributed by atoms with Gasteiger partial charge in [-0.2, -0.15) is 0 Å². The van der Waals surface area contributed by atoms with E-state index in [1.165, 1.54) is 0 Å². The molecule has 0 amide bonds. The molecule has 82 valence electrons. The van der Waals surface area contributed by atoms with E-state index < -0.39 is 10.0 Å². The summed E-state index contributed by atoms with van der Waals surface area (Å²) in [5.74, 6) is 0. The van der Waals surface area contributed by atoms with E-state index in [1.807, 2.05) is 12.1 Å². The van der Waals surface area contributed by atoms with Crippen LogP contribution < -0.4 is 5.14 Å². The van der Waals surface area contributed by atoms with Crippen LogP contribution in [0.15, 0.2) is 41.8 Å². The molecule has 0 heterocycles. The van der Waals surface area contributed by atoms with Gasteiger partial charge in [-0.1, -0.05) is 24.3 Å². The quantitative estimate of drug-likeness (QED) is 0.614. The van der Waals surface area contributed by atoms with Crippen LogP contribution in [-0.2, 0) is 16.4 Å². The molecule has 1 aromatic rings. The number of aryl methyl sites for hydroxylation is 1. The minimum Gasteiger partial charge on any atom is -0.225 e. The lowest BCUT2D eigenvalue weighted by atomic mass is 10.1. The molecule has 2 N–H and O–H groups in total. The van der Waals surface area contributed by atoms with Gasteiger partial charge in [0, 0.05) is 0 Å². The minimum absolute atomic E-state index is 0.231. The van der Waals surface area contributed by atoms with Crippen molar-refractivity contribution in [3.8, 4) is 0 Å². The molecule has 0 atom stereocenters. The van der Waals surface area contributed by atoms with Gasteiger partial charge >= 0.3 is 0 Å². The molecule has 0 aliphatic rings. The summed E-state index contributed by atoms with van der Waals surface area (Å²) in [5.41, 5.74) is 0.779. The molecule has 4 heteroatoms. The number of nitrogens with two attached hydrogens (primary N) is 1. The summed E-state index contributed by atoms with van der Waals surface area (Å²) in [5, 5.41) is 5.11. The third-order valence-electron chi connectivity index (χ3n) is 2.13. The van der Waals surface area contributed by atoms with E-state index in [-0.39, 0.29) is 4.90 Å². The fraction of sp³-hybridized carbons (Fsp3) is 0.273. The Kier molecular flexibility index (Phi) is 4.05. The Morgan fingerprint density at radius 1 is 1.33 bits per heavy atom. The number of primary sulfonamides is 1. The highest BCUT2D eigenvalue weighted by molar-refractivity contribution is 7.89. The summed E-state index contributed by atoms with van der Waals surface area (Å²) in [7, 11) is -3.60. The Hall–Kier alpha value is -1.13. The predicted octanol–water partition coefficient (Wildman–Crippen LogP) is 1.84. The van der Waals surface area contributed by atoms with Crippen molar-refractivity contribution in [1.29, 1.82) is 0 Å². The molecule has 0 unspecified atom stereocenters. The summed E-state index contributed by atoms with van der Waals surface area (Å²) >= 11 is 0. The first-order valence-corrected chi connectivity index (χ1v) is 6.32. The monoisotopic (exact) mass is 225 g/mol. The summed E-state index contributed by atoms with van der Waals surface area (Å²) < 4.78 is 22.5. The van der Waals surface area contributed by atoms with Crippen LogP contribution in [0.1, 0.15) is 18.4 Å². The zero-order chi connectivity index (χ0) is 11.3. The Balaban J connectivity index is 2.92. The lowest BCUT2D eigenvalue weighted by molar-refractivity contribution is 0.596. The molecular formula is C11H15NO2S. The number of sulfonamides is 1. The van der Waals surface area contributed by atoms with Crippen molar-refractivity contribution in [1.82, 2.24) is 0 Å². The zero-order valence-electron chi connectivity index (χ0n) is 8.52. The van der Waals surface area contributed by atoms with Gasteiger partial charge in [0.25, 0.3) is 0 Å². The van der Waals surface area contributed by atoms with Crippen LogP contribution >= 0.6 is 0 Å². The Morgan fingerprint density at radius 3 is 2.60 bits per heavy atom. The summed E-state index contributed by atoms with van der Waals surface area (Å²) in [6, 6.07) is 6.83. The van der Waals surface area contributed by atoms with E-state index in [1.54, 1.807) is 18.2 Å².